The van der Waals surface area contributed by atoms with E-state index in [1.807, 2.05) is 37.3 Å². The predicted octanol–water partition coefficient (Wildman–Crippen LogP) is 1.80. The second kappa shape index (κ2) is 6.31. The van der Waals surface area contributed by atoms with Crippen molar-refractivity contribution in [3.63, 3.8) is 0 Å². The number of para-hydroxylation sites is 1. The van der Waals surface area contributed by atoms with Crippen molar-refractivity contribution in [3.8, 4) is 5.69 Å². The number of hydrogen-bond donors (Lipinski definition) is 2. The van der Waals surface area contributed by atoms with Crippen molar-refractivity contribution in [1.29, 1.82) is 0 Å². The van der Waals surface area contributed by atoms with Gasteiger partial charge in [-0.1, -0.05) is 48.0 Å². The Bertz CT molecular complexity index is 864. The maximum absolute atomic E-state index is 12.1. The van der Waals surface area contributed by atoms with Gasteiger partial charge in [0.1, 0.15) is 0 Å². The number of carbonyl (C=O) groups excluding carboxylic acids is 1. The van der Waals surface area contributed by atoms with E-state index in [-0.39, 0.29) is 5.82 Å². The van der Waals surface area contributed by atoms with Crippen LogP contribution in [0.25, 0.3) is 5.69 Å². The normalized spacial score (nSPS) is 10.5. The molecule has 2 N–H and O–H groups in total. The molecule has 0 aliphatic rings. The van der Waals surface area contributed by atoms with E-state index in [9.17, 15) is 9.59 Å². The monoisotopic (exact) mass is 308 g/mol. The van der Waals surface area contributed by atoms with Crippen molar-refractivity contribution in [2.45, 2.75) is 13.5 Å². The molecule has 6 heteroatoms. The molecule has 116 valence electrons. The van der Waals surface area contributed by atoms with Crippen molar-refractivity contribution in [2.75, 3.05) is 0 Å². The molecular formula is C17H16N4O2. The van der Waals surface area contributed by atoms with Crippen molar-refractivity contribution in [2.24, 2.45) is 0 Å². The second-order valence-corrected chi connectivity index (χ2v) is 5.19. The Morgan fingerprint density at radius 3 is 2.52 bits per heavy atom. The molecule has 3 aromatic rings. The van der Waals surface area contributed by atoms with Gasteiger partial charge in [-0.05, 0) is 24.6 Å². The molecule has 0 saturated carbocycles. The molecule has 3 rings (SSSR count). The van der Waals surface area contributed by atoms with Gasteiger partial charge < -0.3 is 5.32 Å². The van der Waals surface area contributed by atoms with Crippen LogP contribution < -0.4 is 11.0 Å². The molecule has 1 aromatic heterocycles. The fourth-order valence-corrected chi connectivity index (χ4v) is 2.14. The Hall–Kier alpha value is -3.15. The van der Waals surface area contributed by atoms with Crippen LogP contribution in [0.15, 0.2) is 59.4 Å². The summed E-state index contributed by atoms with van der Waals surface area (Å²) in [6, 6.07) is 16.8. The van der Waals surface area contributed by atoms with Crippen molar-refractivity contribution < 1.29 is 4.79 Å². The van der Waals surface area contributed by atoms with Crippen LogP contribution >= 0.6 is 0 Å². The molecule has 0 fully saturated rings. The third-order valence-electron chi connectivity index (χ3n) is 3.41. The maximum atomic E-state index is 12.1. The van der Waals surface area contributed by atoms with Gasteiger partial charge in [0.2, 0.25) is 5.82 Å². The summed E-state index contributed by atoms with van der Waals surface area (Å²) >= 11 is 0. The van der Waals surface area contributed by atoms with Gasteiger partial charge in [-0.2, -0.15) is 4.68 Å². The van der Waals surface area contributed by atoms with Crippen LogP contribution in [0.2, 0.25) is 0 Å². The number of carbonyl (C=O) groups is 1. The lowest BCUT2D eigenvalue weighted by molar-refractivity contribution is 0.0940. The number of H-pyrrole nitrogens is 1. The van der Waals surface area contributed by atoms with E-state index in [1.165, 1.54) is 4.68 Å². The quantitative estimate of drug-likeness (QED) is 0.771. The first kappa shape index (κ1) is 14.8. The second-order valence-electron chi connectivity index (χ2n) is 5.19. The minimum Gasteiger partial charge on any atom is -0.345 e. The van der Waals surface area contributed by atoms with E-state index in [1.54, 1.807) is 24.3 Å². The first-order chi connectivity index (χ1) is 11.1. The number of rotatable bonds is 4. The van der Waals surface area contributed by atoms with E-state index >= 15 is 0 Å². The molecule has 0 radical (unpaired) electrons. The highest BCUT2D eigenvalue weighted by molar-refractivity contribution is 5.90. The highest BCUT2D eigenvalue weighted by Gasteiger charge is 2.13. The SMILES string of the molecule is Cc1ccc(CNC(=O)c2nn(-c3ccccc3)c(=O)[nH]2)cc1. The van der Waals surface area contributed by atoms with Crippen LogP contribution in [0, 0.1) is 6.92 Å². The summed E-state index contributed by atoms with van der Waals surface area (Å²) in [6.07, 6.45) is 0. The minimum atomic E-state index is -0.448. The molecule has 0 aliphatic carbocycles. The molecule has 2 aromatic carbocycles. The zero-order valence-electron chi connectivity index (χ0n) is 12.6. The number of aromatic nitrogens is 3. The highest BCUT2D eigenvalue weighted by Crippen LogP contribution is 2.04. The topological polar surface area (TPSA) is 79.8 Å². The van der Waals surface area contributed by atoms with Gasteiger partial charge in [0.25, 0.3) is 5.91 Å². The Kier molecular flexibility index (Phi) is 4.05. The highest BCUT2D eigenvalue weighted by atomic mass is 16.2. The van der Waals surface area contributed by atoms with E-state index in [4.69, 9.17) is 0 Å². The van der Waals surface area contributed by atoms with Gasteiger partial charge in [0.05, 0.1) is 5.69 Å². The maximum Gasteiger partial charge on any atom is 0.348 e. The van der Waals surface area contributed by atoms with Crippen LogP contribution in [0.3, 0.4) is 0 Å². The zero-order chi connectivity index (χ0) is 16.2. The van der Waals surface area contributed by atoms with Gasteiger partial charge in [-0.25, -0.2) is 4.79 Å². The Morgan fingerprint density at radius 2 is 1.83 bits per heavy atom. The smallest absolute Gasteiger partial charge is 0.345 e. The number of nitrogens with zero attached hydrogens (tertiary/aromatic N) is 2. The van der Waals surface area contributed by atoms with Gasteiger partial charge in [0.15, 0.2) is 0 Å². The Balaban J connectivity index is 1.73. The van der Waals surface area contributed by atoms with E-state index in [2.05, 4.69) is 15.4 Å². The average molecular weight is 308 g/mol. The summed E-state index contributed by atoms with van der Waals surface area (Å²) in [5, 5.41) is 6.78. The Labute approximate surface area is 132 Å². The molecular weight excluding hydrogens is 292 g/mol. The minimum absolute atomic E-state index is 0.00837. The number of aromatic amines is 1. The fourth-order valence-electron chi connectivity index (χ4n) is 2.14. The van der Waals surface area contributed by atoms with Gasteiger partial charge in [-0.15, -0.1) is 5.10 Å². The molecule has 23 heavy (non-hydrogen) atoms. The molecule has 0 spiro atoms. The van der Waals surface area contributed by atoms with Crippen LogP contribution in [0.5, 0.6) is 0 Å². The van der Waals surface area contributed by atoms with Gasteiger partial charge in [0, 0.05) is 6.54 Å². The summed E-state index contributed by atoms with van der Waals surface area (Å²) in [4.78, 5) is 26.5. The van der Waals surface area contributed by atoms with Crippen molar-refractivity contribution >= 4 is 5.91 Å². The molecule has 1 amide bonds. The predicted molar refractivity (Wildman–Crippen MR) is 86.5 cm³/mol. The average Bonchev–Trinajstić information content (AvgIpc) is 2.97. The van der Waals surface area contributed by atoms with Crippen molar-refractivity contribution in [1.82, 2.24) is 20.1 Å². The lowest BCUT2D eigenvalue weighted by Crippen LogP contribution is -2.24. The summed E-state index contributed by atoms with van der Waals surface area (Å²) in [7, 11) is 0. The molecule has 0 bridgehead atoms. The summed E-state index contributed by atoms with van der Waals surface area (Å²) in [5.74, 6) is -0.427. The molecule has 0 saturated heterocycles. The number of nitrogens with one attached hydrogen (secondary N) is 2. The third-order valence-corrected chi connectivity index (χ3v) is 3.41. The number of benzene rings is 2. The van der Waals surface area contributed by atoms with Gasteiger partial charge >= 0.3 is 5.69 Å². The number of hydrogen-bond acceptors (Lipinski definition) is 3. The van der Waals surface area contributed by atoms with Crippen molar-refractivity contribution in [3.05, 3.63) is 82.0 Å². The molecule has 0 atom stereocenters. The van der Waals surface area contributed by atoms with Crippen LogP contribution in [0.1, 0.15) is 21.7 Å². The first-order valence-corrected chi connectivity index (χ1v) is 7.22. The summed E-state index contributed by atoms with van der Waals surface area (Å²) in [5.41, 5.74) is 2.29. The van der Waals surface area contributed by atoms with E-state index in [0.29, 0.717) is 12.2 Å². The van der Waals surface area contributed by atoms with E-state index < -0.39 is 11.6 Å². The van der Waals surface area contributed by atoms with Crippen LogP contribution in [-0.4, -0.2) is 20.7 Å². The molecule has 0 aliphatic heterocycles. The van der Waals surface area contributed by atoms with E-state index in [0.717, 1.165) is 11.1 Å². The summed E-state index contributed by atoms with van der Waals surface area (Å²) < 4.78 is 1.17. The standard InChI is InChI=1S/C17H16N4O2/c1-12-7-9-13(10-8-12)11-18-16(22)15-19-17(23)21(20-15)14-5-3-2-4-6-14/h2-10H,11H2,1H3,(H,18,22)(H,19,20,23). The number of amides is 1. The third kappa shape index (κ3) is 3.37. The lowest BCUT2D eigenvalue weighted by atomic mass is 10.1. The Morgan fingerprint density at radius 1 is 1.13 bits per heavy atom. The zero-order valence-corrected chi connectivity index (χ0v) is 12.6. The number of aryl methyl sites for hydroxylation is 1. The molecule has 6 nitrogen and oxygen atoms in total. The lowest BCUT2D eigenvalue weighted by Gasteiger charge is -2.03. The van der Waals surface area contributed by atoms with Crippen LogP contribution in [0.4, 0.5) is 0 Å². The molecule has 0 unspecified atom stereocenters. The largest absolute Gasteiger partial charge is 0.348 e. The first-order valence-electron chi connectivity index (χ1n) is 7.22. The fraction of sp³-hybridized carbons (Fsp3) is 0.118. The molecule has 1 heterocycles. The summed E-state index contributed by atoms with van der Waals surface area (Å²) in [6.45, 7) is 2.38. The van der Waals surface area contributed by atoms with Crippen LogP contribution in [-0.2, 0) is 6.54 Å². The van der Waals surface area contributed by atoms with Gasteiger partial charge in [-0.3, -0.25) is 9.78 Å².